The van der Waals surface area contributed by atoms with Crippen molar-refractivity contribution in [1.82, 2.24) is 0 Å². The summed E-state index contributed by atoms with van der Waals surface area (Å²) in [6.07, 6.45) is 8.71. The molecule has 0 saturated carbocycles. The molecular weight excluding hydrogens is 587 g/mol. The van der Waals surface area contributed by atoms with E-state index < -0.39 is 0 Å². The molecule has 0 aliphatic rings. The summed E-state index contributed by atoms with van der Waals surface area (Å²) in [7, 11) is 0. The molecule has 256 valence electrons. The molecule has 0 fully saturated rings. The Morgan fingerprint density at radius 1 is 0.571 bits per heavy atom. The molecule has 4 rings (SSSR count). The molecule has 0 heterocycles. The van der Waals surface area contributed by atoms with Crippen molar-refractivity contribution in [3.05, 3.63) is 165 Å². The number of hydrogen-bond acceptors (Lipinski definition) is 0. The maximum Gasteiger partial charge on any atom is 0.238 e. The molecule has 0 radical (unpaired) electrons. The minimum Gasteiger partial charge on any atom is -0.0874 e. The summed E-state index contributed by atoms with van der Waals surface area (Å²) in [5.74, 6) is 0. The van der Waals surface area contributed by atoms with Crippen LogP contribution >= 0.6 is 0 Å². The van der Waals surface area contributed by atoms with E-state index in [1.165, 1.54) is 66.5 Å². The standard InChI is InChI=1S/C48H61B/c1-14-18-39(30-37-19-16-15-17-20-37)29-36(4)43(31-38-23-27-40(28-24-38)46(5,6)7)49(44-32-41(47(8,9)10)25-21-34(44)2)45-33-42(48(11,12)13)26-22-35(45)3/h14-29,32-33H,30-31H2,1-13H3/b18-14+,39-29+,43-36+. The Labute approximate surface area is 300 Å². The van der Waals surface area contributed by atoms with Gasteiger partial charge in [-0.15, -0.1) is 0 Å². The fourth-order valence-electron chi connectivity index (χ4n) is 6.77. The molecule has 0 bridgehead atoms. The van der Waals surface area contributed by atoms with Crippen molar-refractivity contribution in [1.29, 1.82) is 0 Å². The lowest BCUT2D eigenvalue weighted by Gasteiger charge is -2.29. The summed E-state index contributed by atoms with van der Waals surface area (Å²) in [6, 6.07) is 34.7. The second-order valence-electron chi connectivity index (χ2n) is 17.3. The average molecular weight is 649 g/mol. The van der Waals surface area contributed by atoms with Crippen molar-refractivity contribution in [2.24, 2.45) is 0 Å². The number of benzene rings is 4. The van der Waals surface area contributed by atoms with Crippen molar-refractivity contribution in [2.45, 2.75) is 119 Å². The largest absolute Gasteiger partial charge is 0.238 e. The van der Waals surface area contributed by atoms with Crippen LogP contribution in [0.3, 0.4) is 0 Å². The highest BCUT2D eigenvalue weighted by atomic mass is 14.2. The molecule has 0 amide bonds. The lowest BCUT2D eigenvalue weighted by Crippen LogP contribution is -2.48. The Morgan fingerprint density at radius 3 is 1.47 bits per heavy atom. The van der Waals surface area contributed by atoms with Gasteiger partial charge in [-0.2, -0.15) is 0 Å². The van der Waals surface area contributed by atoms with Crippen LogP contribution in [0.15, 0.2) is 126 Å². The van der Waals surface area contributed by atoms with Gasteiger partial charge in [0.2, 0.25) is 6.71 Å². The quantitative estimate of drug-likeness (QED) is 0.125. The Balaban J connectivity index is 2.08. The molecule has 1 heteroatoms. The van der Waals surface area contributed by atoms with Gasteiger partial charge < -0.3 is 0 Å². The molecule has 0 aliphatic heterocycles. The molecule has 0 nitrogen and oxygen atoms in total. The highest BCUT2D eigenvalue weighted by Gasteiger charge is 2.31. The van der Waals surface area contributed by atoms with E-state index in [0.29, 0.717) is 0 Å². The van der Waals surface area contributed by atoms with E-state index in [-0.39, 0.29) is 23.0 Å². The second kappa shape index (κ2) is 15.4. The monoisotopic (exact) mass is 648 g/mol. The van der Waals surface area contributed by atoms with Crippen LogP contribution in [0.25, 0.3) is 0 Å². The normalized spacial score (nSPS) is 13.5. The van der Waals surface area contributed by atoms with Crippen molar-refractivity contribution in [3.63, 3.8) is 0 Å². The zero-order valence-corrected chi connectivity index (χ0v) is 32.9. The summed E-state index contributed by atoms with van der Waals surface area (Å²) >= 11 is 0. The van der Waals surface area contributed by atoms with E-state index in [9.17, 15) is 0 Å². The van der Waals surface area contributed by atoms with Crippen LogP contribution in [-0.2, 0) is 29.1 Å². The van der Waals surface area contributed by atoms with Gasteiger partial charge in [0.05, 0.1) is 0 Å². The van der Waals surface area contributed by atoms with Gasteiger partial charge in [-0.3, -0.25) is 0 Å². The summed E-state index contributed by atoms with van der Waals surface area (Å²) in [5.41, 5.74) is 16.7. The predicted octanol–water partition coefficient (Wildman–Crippen LogP) is 11.6. The third kappa shape index (κ3) is 9.88. The molecule has 0 unspecified atom stereocenters. The Kier molecular flexibility index (Phi) is 11.9. The number of allylic oxidation sites excluding steroid dienone is 6. The van der Waals surface area contributed by atoms with Crippen molar-refractivity contribution in [2.75, 3.05) is 0 Å². The Hall–Kier alpha value is -3.84. The Morgan fingerprint density at radius 2 is 1.02 bits per heavy atom. The molecule has 0 spiro atoms. The third-order valence-electron chi connectivity index (χ3n) is 10.0. The molecule has 4 aromatic carbocycles. The third-order valence-corrected chi connectivity index (χ3v) is 10.0. The highest BCUT2D eigenvalue weighted by molar-refractivity contribution is 6.91. The first-order chi connectivity index (χ1) is 22.9. The van der Waals surface area contributed by atoms with Gasteiger partial charge >= 0.3 is 0 Å². The summed E-state index contributed by atoms with van der Waals surface area (Å²) in [5, 5.41) is 0. The van der Waals surface area contributed by atoms with Crippen LogP contribution in [-0.4, -0.2) is 6.71 Å². The number of hydrogen-bond donors (Lipinski definition) is 0. The van der Waals surface area contributed by atoms with Crippen LogP contribution in [0.4, 0.5) is 0 Å². The molecule has 0 aliphatic carbocycles. The van der Waals surface area contributed by atoms with E-state index in [1.807, 2.05) is 0 Å². The lowest BCUT2D eigenvalue weighted by molar-refractivity contribution is 0.590. The number of aryl methyl sites for hydroxylation is 2. The maximum atomic E-state index is 2.51. The molecule has 0 aromatic heterocycles. The zero-order valence-electron chi connectivity index (χ0n) is 32.9. The van der Waals surface area contributed by atoms with Crippen molar-refractivity contribution in [3.8, 4) is 0 Å². The van der Waals surface area contributed by atoms with Gasteiger partial charge in [0, 0.05) is 0 Å². The molecule has 0 atom stereocenters. The van der Waals surface area contributed by atoms with E-state index in [1.54, 1.807) is 0 Å². The fourth-order valence-corrected chi connectivity index (χ4v) is 6.77. The topological polar surface area (TPSA) is 0 Å². The van der Waals surface area contributed by atoms with E-state index in [2.05, 4.69) is 199 Å². The minimum atomic E-state index is 0.0473. The maximum absolute atomic E-state index is 2.51. The van der Waals surface area contributed by atoms with Gasteiger partial charge in [-0.25, -0.2) is 0 Å². The average Bonchev–Trinajstić information content (AvgIpc) is 3.01. The first-order valence-electron chi connectivity index (χ1n) is 18.3. The first-order valence-corrected chi connectivity index (χ1v) is 18.3. The molecule has 4 aromatic rings. The second-order valence-corrected chi connectivity index (χ2v) is 17.3. The van der Waals surface area contributed by atoms with Crippen LogP contribution in [0.2, 0.25) is 0 Å². The van der Waals surface area contributed by atoms with Gasteiger partial charge in [0.25, 0.3) is 0 Å². The molecular formula is C48H61B. The molecule has 0 saturated heterocycles. The zero-order chi connectivity index (χ0) is 36.1. The van der Waals surface area contributed by atoms with Gasteiger partial charge in [0.1, 0.15) is 0 Å². The Bertz CT molecular complexity index is 1740. The summed E-state index contributed by atoms with van der Waals surface area (Å²) < 4.78 is 0. The van der Waals surface area contributed by atoms with Crippen LogP contribution in [0, 0.1) is 13.8 Å². The lowest BCUT2D eigenvalue weighted by atomic mass is 9.33. The predicted molar refractivity (Wildman–Crippen MR) is 219 cm³/mol. The highest BCUT2D eigenvalue weighted by Crippen LogP contribution is 2.28. The van der Waals surface area contributed by atoms with Gasteiger partial charge in [-0.05, 0) is 90.2 Å². The van der Waals surface area contributed by atoms with Crippen molar-refractivity contribution >= 4 is 17.6 Å². The van der Waals surface area contributed by atoms with Gasteiger partial charge in [0.15, 0.2) is 0 Å². The number of rotatable bonds is 9. The van der Waals surface area contributed by atoms with E-state index in [0.717, 1.165) is 12.8 Å². The van der Waals surface area contributed by atoms with Crippen LogP contribution in [0.1, 0.15) is 115 Å². The minimum absolute atomic E-state index is 0.0473. The van der Waals surface area contributed by atoms with E-state index >= 15 is 0 Å². The summed E-state index contributed by atoms with van der Waals surface area (Å²) in [4.78, 5) is 0. The summed E-state index contributed by atoms with van der Waals surface area (Å²) in [6.45, 7) is 30.1. The first kappa shape index (κ1) is 38.0. The van der Waals surface area contributed by atoms with Crippen LogP contribution in [0.5, 0.6) is 0 Å². The van der Waals surface area contributed by atoms with E-state index in [4.69, 9.17) is 0 Å². The molecule has 49 heavy (non-hydrogen) atoms. The fraction of sp³-hybridized carbons (Fsp3) is 0.375. The van der Waals surface area contributed by atoms with Crippen LogP contribution < -0.4 is 10.9 Å². The SMILES string of the molecule is C/C=C/C(=C\C(C)=C(/Cc1ccc(C(C)(C)C)cc1)B(c1cc(C(C)(C)C)ccc1C)c1cc(C(C)(C)C)ccc1C)Cc1ccccc1. The molecule has 0 N–H and O–H groups in total. The van der Waals surface area contributed by atoms with Gasteiger partial charge in [-0.1, -0.05) is 205 Å². The smallest absolute Gasteiger partial charge is 0.0874 e. The van der Waals surface area contributed by atoms with Crippen molar-refractivity contribution < 1.29 is 0 Å².